The van der Waals surface area contributed by atoms with Crippen LogP contribution in [-0.2, 0) is 11.3 Å². The first-order chi connectivity index (χ1) is 13.1. The van der Waals surface area contributed by atoms with E-state index < -0.39 is 0 Å². The van der Waals surface area contributed by atoms with Gasteiger partial charge in [0.15, 0.2) is 0 Å². The molecule has 142 valence electrons. The summed E-state index contributed by atoms with van der Waals surface area (Å²) in [7, 11) is 0. The van der Waals surface area contributed by atoms with Gasteiger partial charge in [-0.15, -0.1) is 0 Å². The van der Waals surface area contributed by atoms with Crippen molar-refractivity contribution in [1.29, 1.82) is 0 Å². The summed E-state index contributed by atoms with van der Waals surface area (Å²) in [4.78, 5) is 23.6. The number of carbonyl (C=O) groups is 1. The second kappa shape index (κ2) is 7.43. The Morgan fingerprint density at radius 1 is 1.37 bits per heavy atom. The topological polar surface area (TPSA) is 90.4 Å². The fourth-order valence-electron chi connectivity index (χ4n) is 3.33. The molecule has 9 nitrogen and oxygen atoms in total. The van der Waals surface area contributed by atoms with Crippen molar-refractivity contribution in [3.05, 3.63) is 42.2 Å². The van der Waals surface area contributed by atoms with Gasteiger partial charge in [0.25, 0.3) is 11.7 Å². The number of fused-ring (bicyclic) bond motifs is 1. The molecule has 1 atom stereocenters. The fourth-order valence-corrected chi connectivity index (χ4v) is 3.33. The largest absolute Gasteiger partial charge is 0.374 e. The Morgan fingerprint density at radius 3 is 3.04 bits per heavy atom. The van der Waals surface area contributed by atoms with Crippen LogP contribution in [0.15, 0.2) is 30.9 Å². The van der Waals surface area contributed by atoms with E-state index in [1.54, 1.807) is 10.7 Å². The Kier molecular flexibility index (Phi) is 4.85. The highest BCUT2D eigenvalue weighted by Gasteiger charge is 2.26. The zero-order valence-electron chi connectivity index (χ0n) is 15.5. The van der Waals surface area contributed by atoms with Crippen LogP contribution in [0.25, 0.3) is 5.78 Å². The molecule has 0 N–H and O–H groups in total. The van der Waals surface area contributed by atoms with Crippen LogP contribution < -0.4 is 0 Å². The summed E-state index contributed by atoms with van der Waals surface area (Å²) in [6, 6.07) is 3.70. The molecule has 3 aromatic rings. The van der Waals surface area contributed by atoms with E-state index in [9.17, 15) is 4.79 Å². The lowest BCUT2D eigenvalue weighted by Crippen LogP contribution is -2.39. The molecule has 4 rings (SSSR count). The first-order valence-electron chi connectivity index (χ1n) is 9.21. The number of nitrogens with zero attached hydrogens (tertiary/aromatic N) is 7. The molecule has 1 amide bonds. The Balaban J connectivity index is 1.58. The predicted octanol–water partition coefficient (Wildman–Crippen LogP) is 1.38. The molecule has 0 saturated carbocycles. The minimum Gasteiger partial charge on any atom is -0.374 e. The second-order valence-corrected chi connectivity index (χ2v) is 7.02. The van der Waals surface area contributed by atoms with E-state index in [1.807, 2.05) is 27.9 Å². The number of rotatable bonds is 4. The van der Waals surface area contributed by atoms with Crippen molar-refractivity contribution in [1.82, 2.24) is 34.3 Å². The van der Waals surface area contributed by atoms with Gasteiger partial charge in [-0.3, -0.25) is 9.48 Å². The van der Waals surface area contributed by atoms with E-state index in [2.05, 4.69) is 34.0 Å². The van der Waals surface area contributed by atoms with Gasteiger partial charge < -0.3 is 9.64 Å². The molecular weight excluding hydrogens is 346 g/mol. The molecule has 1 aliphatic rings. The standard InChI is InChI=1S/C18H23N7O2/c1-13(2)16-9-15(22-18-19-12-21-25(16)18)17(26)23-6-4-8-27-14(10-23)11-24-7-3-5-20-24/h3,5,7,9,12-14H,4,6,8,10-11H2,1-2H3. The summed E-state index contributed by atoms with van der Waals surface area (Å²) in [5, 5.41) is 8.44. The van der Waals surface area contributed by atoms with Gasteiger partial charge in [0.1, 0.15) is 12.0 Å². The quantitative estimate of drug-likeness (QED) is 0.690. The lowest BCUT2D eigenvalue weighted by atomic mass is 10.1. The average Bonchev–Trinajstić information content (AvgIpc) is 3.28. The van der Waals surface area contributed by atoms with Crippen LogP contribution in [0.2, 0.25) is 0 Å². The Morgan fingerprint density at radius 2 is 2.26 bits per heavy atom. The van der Waals surface area contributed by atoms with Crippen molar-refractivity contribution >= 4 is 11.7 Å². The lowest BCUT2D eigenvalue weighted by Gasteiger charge is -2.24. The number of ether oxygens (including phenoxy) is 1. The lowest BCUT2D eigenvalue weighted by molar-refractivity contribution is 0.0365. The first-order valence-corrected chi connectivity index (χ1v) is 9.21. The normalized spacial score (nSPS) is 18.2. The summed E-state index contributed by atoms with van der Waals surface area (Å²) < 4.78 is 9.43. The average molecular weight is 369 g/mol. The van der Waals surface area contributed by atoms with Crippen molar-refractivity contribution in [3.8, 4) is 0 Å². The van der Waals surface area contributed by atoms with Crippen molar-refractivity contribution in [2.45, 2.75) is 38.8 Å². The molecular formula is C18H23N7O2. The maximum absolute atomic E-state index is 13.2. The van der Waals surface area contributed by atoms with Crippen LogP contribution in [0.5, 0.6) is 0 Å². The molecule has 1 unspecified atom stereocenters. The van der Waals surface area contributed by atoms with E-state index in [1.165, 1.54) is 6.33 Å². The summed E-state index contributed by atoms with van der Waals surface area (Å²) >= 11 is 0. The molecule has 1 aliphatic heterocycles. The molecule has 0 spiro atoms. The third kappa shape index (κ3) is 3.68. The first kappa shape index (κ1) is 17.6. The van der Waals surface area contributed by atoms with E-state index in [0.717, 1.165) is 12.1 Å². The summed E-state index contributed by atoms with van der Waals surface area (Å²) in [5.41, 5.74) is 1.32. The number of carbonyl (C=O) groups excluding carboxylic acids is 1. The molecule has 0 aliphatic carbocycles. The van der Waals surface area contributed by atoms with Crippen molar-refractivity contribution in [2.75, 3.05) is 19.7 Å². The third-order valence-corrected chi connectivity index (χ3v) is 4.68. The predicted molar refractivity (Wildman–Crippen MR) is 97.4 cm³/mol. The Labute approximate surface area is 157 Å². The third-order valence-electron chi connectivity index (χ3n) is 4.68. The van der Waals surface area contributed by atoms with Gasteiger partial charge in [0.05, 0.1) is 18.3 Å². The summed E-state index contributed by atoms with van der Waals surface area (Å²) in [5.74, 6) is 0.547. The SMILES string of the molecule is CC(C)c1cc(C(=O)N2CCCOC(Cn3cccn3)C2)nc2ncnn12. The van der Waals surface area contributed by atoms with Crippen LogP contribution in [0.4, 0.5) is 0 Å². The zero-order chi connectivity index (χ0) is 18.8. The van der Waals surface area contributed by atoms with Crippen LogP contribution in [0.3, 0.4) is 0 Å². The van der Waals surface area contributed by atoms with Crippen molar-refractivity contribution < 1.29 is 9.53 Å². The van der Waals surface area contributed by atoms with Crippen LogP contribution in [0.1, 0.15) is 42.4 Å². The number of amides is 1. The fraction of sp³-hybridized carbons (Fsp3) is 0.500. The van der Waals surface area contributed by atoms with E-state index in [4.69, 9.17) is 4.74 Å². The number of aromatic nitrogens is 6. The highest BCUT2D eigenvalue weighted by molar-refractivity contribution is 5.92. The van der Waals surface area contributed by atoms with E-state index in [-0.39, 0.29) is 17.9 Å². The van der Waals surface area contributed by atoms with Gasteiger partial charge in [-0.1, -0.05) is 13.8 Å². The van der Waals surface area contributed by atoms with Crippen molar-refractivity contribution in [2.24, 2.45) is 0 Å². The van der Waals surface area contributed by atoms with Gasteiger partial charge >= 0.3 is 0 Å². The molecule has 0 bridgehead atoms. The molecule has 0 aromatic carbocycles. The molecule has 0 radical (unpaired) electrons. The van der Waals surface area contributed by atoms with Gasteiger partial charge in [-0.05, 0) is 24.5 Å². The maximum atomic E-state index is 13.2. The minimum absolute atomic E-state index is 0.0987. The van der Waals surface area contributed by atoms with Gasteiger partial charge in [0, 0.05) is 32.1 Å². The van der Waals surface area contributed by atoms with Crippen molar-refractivity contribution in [3.63, 3.8) is 0 Å². The number of hydrogen-bond acceptors (Lipinski definition) is 6. The second-order valence-electron chi connectivity index (χ2n) is 7.02. The monoisotopic (exact) mass is 369 g/mol. The van der Waals surface area contributed by atoms with E-state index in [0.29, 0.717) is 37.7 Å². The molecule has 9 heteroatoms. The zero-order valence-corrected chi connectivity index (χ0v) is 15.5. The maximum Gasteiger partial charge on any atom is 0.272 e. The minimum atomic E-state index is -0.0993. The van der Waals surface area contributed by atoms with Gasteiger partial charge in [-0.25, -0.2) is 9.50 Å². The van der Waals surface area contributed by atoms with Gasteiger partial charge in [0.2, 0.25) is 0 Å². The molecule has 1 saturated heterocycles. The molecule has 1 fully saturated rings. The molecule has 27 heavy (non-hydrogen) atoms. The Bertz CT molecular complexity index is 919. The van der Waals surface area contributed by atoms with Crippen LogP contribution in [-0.4, -0.2) is 66.0 Å². The highest BCUT2D eigenvalue weighted by Crippen LogP contribution is 2.18. The highest BCUT2D eigenvalue weighted by atomic mass is 16.5. The Hall–Kier alpha value is -2.81. The molecule has 4 heterocycles. The number of hydrogen-bond donors (Lipinski definition) is 0. The van der Waals surface area contributed by atoms with Crippen LogP contribution in [0, 0.1) is 0 Å². The van der Waals surface area contributed by atoms with Crippen LogP contribution >= 0.6 is 0 Å². The van der Waals surface area contributed by atoms with E-state index >= 15 is 0 Å². The smallest absolute Gasteiger partial charge is 0.272 e. The molecule has 3 aromatic heterocycles. The summed E-state index contributed by atoms with van der Waals surface area (Å²) in [6.07, 6.45) is 5.80. The van der Waals surface area contributed by atoms with Gasteiger partial charge in [-0.2, -0.15) is 15.2 Å². The summed E-state index contributed by atoms with van der Waals surface area (Å²) in [6.45, 7) is 6.52.